The van der Waals surface area contributed by atoms with Gasteiger partial charge in [0, 0.05) is 32.3 Å². The Morgan fingerprint density at radius 2 is 1.36 bits per heavy atom. The van der Waals surface area contributed by atoms with Gasteiger partial charge in [0.15, 0.2) is 0 Å². The Hall–Kier alpha value is -5.44. The molecular weight excluding hydrogens is 792 g/mol. The van der Waals surface area contributed by atoms with Crippen molar-refractivity contribution in [2.45, 2.75) is 12.3 Å². The van der Waals surface area contributed by atoms with Crippen molar-refractivity contribution in [2.24, 2.45) is 0 Å². The molecule has 0 saturated heterocycles. The average molecular weight is 832 g/mol. The molecule has 1 aliphatic heterocycles. The molecule has 0 aliphatic carbocycles. The SMILES string of the molecule is [2H]C([2H])([2H])c1ccnc(-n2c3[c-]c(C(c4[c-]c(N5CN(C([2H])([2H])[2H])c6ccccc65)ccc4)(c4ccccc4)c4ccccc4)ccc3c3ccccc32)c1.[Pt+2]. The number of pyridine rings is 1. The molecule has 0 bridgehead atoms. The first-order chi connectivity index (χ1) is 26.5. The maximum atomic E-state index is 8.30. The largest absolute Gasteiger partial charge is 2.00 e. The van der Waals surface area contributed by atoms with Crippen molar-refractivity contribution in [3.8, 4) is 5.82 Å². The zero-order valence-corrected chi connectivity index (χ0v) is 29.1. The molecule has 0 amide bonds. The molecule has 0 atom stereocenters. The summed E-state index contributed by atoms with van der Waals surface area (Å²) < 4.78 is 51.3. The van der Waals surface area contributed by atoms with E-state index in [2.05, 4.69) is 60.7 Å². The van der Waals surface area contributed by atoms with Gasteiger partial charge in [0.05, 0.1) is 18.0 Å². The molecule has 0 N–H and O–H groups in total. The summed E-state index contributed by atoms with van der Waals surface area (Å²) in [5, 5.41) is 1.94. The first-order valence-electron chi connectivity index (χ1n) is 19.3. The van der Waals surface area contributed by atoms with Gasteiger partial charge in [-0.1, -0.05) is 102 Å². The number of aryl methyl sites for hydroxylation is 1. The second-order valence-electron chi connectivity index (χ2n) is 12.3. The van der Waals surface area contributed by atoms with Crippen LogP contribution in [0.2, 0.25) is 0 Å². The summed E-state index contributed by atoms with van der Waals surface area (Å²) in [6.07, 6.45) is 1.55. The number of aromatic nitrogens is 2. The molecule has 244 valence electrons. The van der Waals surface area contributed by atoms with Gasteiger partial charge in [-0.2, -0.15) is 36.4 Å². The molecule has 1 aliphatic rings. The molecule has 0 saturated carbocycles. The summed E-state index contributed by atoms with van der Waals surface area (Å²) in [5.74, 6) is 0.485. The van der Waals surface area contributed by atoms with Crippen LogP contribution >= 0.6 is 0 Å². The van der Waals surface area contributed by atoms with Crippen molar-refractivity contribution < 1.29 is 29.3 Å². The molecular formula is C45H34N4Pt. The van der Waals surface area contributed by atoms with Gasteiger partial charge in [0.2, 0.25) is 0 Å². The van der Waals surface area contributed by atoms with Crippen molar-refractivity contribution in [1.82, 2.24) is 9.55 Å². The number of para-hydroxylation sites is 3. The molecule has 8 aromatic rings. The Balaban J connectivity index is 0.00000441. The number of nitrogens with zero attached hydrogens (tertiary/aromatic N) is 4. The number of benzene rings is 6. The molecule has 0 unspecified atom stereocenters. The van der Waals surface area contributed by atoms with Gasteiger partial charge < -0.3 is 14.4 Å². The van der Waals surface area contributed by atoms with Crippen LogP contribution in [0.3, 0.4) is 0 Å². The molecule has 4 nitrogen and oxygen atoms in total. The zero-order chi connectivity index (χ0) is 38.0. The van der Waals surface area contributed by atoms with E-state index in [-0.39, 0.29) is 33.3 Å². The van der Waals surface area contributed by atoms with Gasteiger partial charge in [-0.15, -0.1) is 22.6 Å². The van der Waals surface area contributed by atoms with Gasteiger partial charge in [-0.3, -0.25) is 0 Å². The van der Waals surface area contributed by atoms with Crippen LogP contribution in [0.4, 0.5) is 17.1 Å². The molecule has 50 heavy (non-hydrogen) atoms. The van der Waals surface area contributed by atoms with Crippen molar-refractivity contribution in [2.75, 3.05) is 23.4 Å². The molecule has 9 rings (SSSR count). The molecule has 0 fully saturated rings. The Morgan fingerprint density at radius 1 is 0.660 bits per heavy atom. The Morgan fingerprint density at radius 3 is 2.12 bits per heavy atom. The van der Waals surface area contributed by atoms with E-state index in [0.717, 1.165) is 55.4 Å². The van der Waals surface area contributed by atoms with Gasteiger partial charge in [0.1, 0.15) is 5.82 Å². The number of hydrogen-bond acceptors (Lipinski definition) is 3. The van der Waals surface area contributed by atoms with Crippen LogP contribution in [0.1, 0.15) is 36.0 Å². The molecule has 0 spiro atoms. The molecule has 3 heterocycles. The van der Waals surface area contributed by atoms with E-state index in [0.29, 0.717) is 11.5 Å². The molecule has 5 heteroatoms. The van der Waals surface area contributed by atoms with Crippen molar-refractivity contribution in [1.29, 1.82) is 0 Å². The summed E-state index contributed by atoms with van der Waals surface area (Å²) in [4.78, 5) is 8.14. The number of rotatable bonds is 6. The molecule has 2 aromatic heterocycles. The van der Waals surface area contributed by atoms with E-state index in [1.807, 2.05) is 100 Å². The van der Waals surface area contributed by atoms with Crippen LogP contribution in [0.25, 0.3) is 27.6 Å². The van der Waals surface area contributed by atoms with Crippen LogP contribution < -0.4 is 9.80 Å². The van der Waals surface area contributed by atoms with E-state index in [1.165, 1.54) is 11.0 Å². The van der Waals surface area contributed by atoms with E-state index >= 15 is 0 Å². The maximum absolute atomic E-state index is 8.30. The smallest absolute Gasteiger partial charge is 0.355 e. The first kappa shape index (κ1) is 25.5. The summed E-state index contributed by atoms with van der Waals surface area (Å²) in [7, 11) is 0. The third kappa shape index (κ3) is 4.97. The quantitative estimate of drug-likeness (QED) is 0.123. The van der Waals surface area contributed by atoms with Gasteiger partial charge in [0.25, 0.3) is 0 Å². The van der Waals surface area contributed by atoms with E-state index in [1.54, 1.807) is 12.3 Å². The fraction of sp³-hybridized carbons (Fsp3) is 0.0889. The minimum atomic E-state index is -2.33. The topological polar surface area (TPSA) is 24.3 Å². The Kier molecular flexibility index (Phi) is 6.52. The van der Waals surface area contributed by atoms with Crippen LogP contribution in [-0.4, -0.2) is 23.2 Å². The first-order valence-corrected chi connectivity index (χ1v) is 16.3. The van der Waals surface area contributed by atoms with Crippen LogP contribution in [0, 0.1) is 19.0 Å². The fourth-order valence-electron chi connectivity index (χ4n) is 7.45. The van der Waals surface area contributed by atoms with E-state index in [4.69, 9.17) is 13.2 Å². The van der Waals surface area contributed by atoms with Crippen LogP contribution in [0.15, 0.2) is 158 Å². The van der Waals surface area contributed by atoms with Crippen molar-refractivity contribution >= 4 is 38.9 Å². The number of anilines is 3. The third-order valence-electron chi connectivity index (χ3n) is 9.60. The van der Waals surface area contributed by atoms with Gasteiger partial charge >= 0.3 is 21.1 Å². The Labute approximate surface area is 316 Å². The zero-order valence-electron chi connectivity index (χ0n) is 32.8. The summed E-state index contributed by atoms with van der Waals surface area (Å²) in [6.45, 7) is -4.50. The minimum Gasteiger partial charge on any atom is -0.355 e. The number of fused-ring (bicyclic) bond motifs is 4. The Bertz CT molecular complexity index is 2650. The van der Waals surface area contributed by atoms with Crippen LogP contribution in [-0.2, 0) is 26.5 Å². The van der Waals surface area contributed by atoms with E-state index in [9.17, 15) is 0 Å². The molecule has 6 aromatic carbocycles. The fourth-order valence-corrected chi connectivity index (χ4v) is 7.45. The van der Waals surface area contributed by atoms with Crippen molar-refractivity contribution in [3.05, 3.63) is 198 Å². The number of hydrogen-bond donors (Lipinski definition) is 0. The van der Waals surface area contributed by atoms with Crippen LogP contribution in [0.5, 0.6) is 0 Å². The second kappa shape index (κ2) is 12.8. The minimum absolute atomic E-state index is 0. The third-order valence-corrected chi connectivity index (χ3v) is 9.60. The summed E-state index contributed by atoms with van der Waals surface area (Å²) in [5.41, 5.74) is 6.70. The van der Waals surface area contributed by atoms with E-state index < -0.39 is 19.2 Å². The summed E-state index contributed by atoms with van der Waals surface area (Å²) >= 11 is 0. The average Bonchev–Trinajstić information content (AvgIpc) is 3.76. The van der Waals surface area contributed by atoms with Gasteiger partial charge in [-0.25, -0.2) is 4.98 Å². The second-order valence-corrected chi connectivity index (χ2v) is 12.3. The maximum Gasteiger partial charge on any atom is 2.00 e. The monoisotopic (exact) mass is 831 g/mol. The normalized spacial score (nSPS) is 15.0. The standard InChI is InChI=1S/C45H34N4.Pt/c1-32-26-27-46-44(28-32)49-40-21-10-9-20-38(40)39-25-24-36(30-43(39)49)45(33-14-5-3-6-15-33,34-16-7-4-8-17-34)35-18-13-19-37(29-35)48-31-47(2)41-22-11-12-23-42(41)48;/h3-28H,31H2,1-2H3;/q-2;+2/i1D3,2D3;. The molecule has 0 radical (unpaired) electrons. The van der Waals surface area contributed by atoms with Crippen molar-refractivity contribution in [3.63, 3.8) is 0 Å². The summed E-state index contributed by atoms with van der Waals surface area (Å²) in [6, 6.07) is 57.3. The predicted molar refractivity (Wildman–Crippen MR) is 201 cm³/mol. The predicted octanol–water partition coefficient (Wildman–Crippen LogP) is 10.0. The van der Waals surface area contributed by atoms with Gasteiger partial charge in [-0.05, 0) is 59.3 Å².